The third kappa shape index (κ3) is 4.26. The monoisotopic (exact) mass is 312 g/mol. The summed E-state index contributed by atoms with van der Waals surface area (Å²) in [6.45, 7) is 3.96. The minimum absolute atomic E-state index is 0.0108. The highest BCUT2D eigenvalue weighted by Gasteiger charge is 2.28. The molecular weight excluding hydrogens is 288 g/mol. The van der Waals surface area contributed by atoms with E-state index in [1.165, 1.54) is 0 Å². The van der Waals surface area contributed by atoms with Gasteiger partial charge in [0.05, 0.1) is 4.90 Å². The molecular formula is C15H24N2O3S. The fourth-order valence-electron chi connectivity index (χ4n) is 2.76. The Morgan fingerprint density at radius 3 is 2.57 bits per heavy atom. The van der Waals surface area contributed by atoms with Gasteiger partial charge < -0.3 is 10.0 Å². The molecule has 0 spiro atoms. The molecule has 0 saturated carbocycles. The first-order chi connectivity index (χ1) is 9.92. The lowest BCUT2D eigenvalue weighted by Crippen LogP contribution is -2.48. The summed E-state index contributed by atoms with van der Waals surface area (Å²) in [7, 11) is -1.42. The lowest BCUT2D eigenvalue weighted by Gasteiger charge is -2.34. The Morgan fingerprint density at radius 2 is 2.00 bits per heavy atom. The molecule has 6 heteroatoms. The molecule has 21 heavy (non-hydrogen) atoms. The molecule has 1 fully saturated rings. The van der Waals surface area contributed by atoms with E-state index in [1.54, 1.807) is 24.3 Å². The van der Waals surface area contributed by atoms with Gasteiger partial charge in [0.25, 0.3) is 0 Å². The lowest BCUT2D eigenvalue weighted by atomic mass is 9.95. The zero-order chi connectivity index (χ0) is 15.5. The van der Waals surface area contributed by atoms with Crippen LogP contribution in [0, 0.1) is 5.92 Å². The number of sulfonamides is 1. The highest BCUT2D eigenvalue weighted by molar-refractivity contribution is 7.89. The predicted octanol–water partition coefficient (Wildman–Crippen LogP) is 0.840. The lowest BCUT2D eigenvalue weighted by molar-refractivity contribution is 0.188. The van der Waals surface area contributed by atoms with Crippen LogP contribution in [0.25, 0.3) is 0 Å². The van der Waals surface area contributed by atoms with Gasteiger partial charge in [-0.3, -0.25) is 0 Å². The van der Waals surface area contributed by atoms with Gasteiger partial charge >= 0.3 is 0 Å². The van der Waals surface area contributed by atoms with Crippen molar-refractivity contribution >= 4 is 10.0 Å². The Balaban J connectivity index is 2.07. The van der Waals surface area contributed by atoms with Gasteiger partial charge in [0.15, 0.2) is 0 Å². The third-order valence-electron chi connectivity index (χ3n) is 4.05. The average Bonchev–Trinajstić information content (AvgIpc) is 2.43. The van der Waals surface area contributed by atoms with Crippen molar-refractivity contribution in [2.45, 2.75) is 30.7 Å². The van der Waals surface area contributed by atoms with Crippen molar-refractivity contribution in [3.63, 3.8) is 0 Å². The van der Waals surface area contributed by atoms with Crippen LogP contribution in [0.2, 0.25) is 0 Å². The third-order valence-corrected chi connectivity index (χ3v) is 5.55. The minimum Gasteiger partial charge on any atom is -0.396 e. The molecule has 0 amide bonds. The molecule has 0 radical (unpaired) electrons. The van der Waals surface area contributed by atoms with Crippen molar-refractivity contribution in [2.24, 2.45) is 5.92 Å². The van der Waals surface area contributed by atoms with Gasteiger partial charge in [-0.2, -0.15) is 0 Å². The number of aliphatic hydroxyl groups is 1. The number of hydrogen-bond acceptors (Lipinski definition) is 4. The Hall–Kier alpha value is -0.950. The molecule has 0 bridgehead atoms. The van der Waals surface area contributed by atoms with Crippen LogP contribution < -0.4 is 4.72 Å². The topological polar surface area (TPSA) is 69.6 Å². The van der Waals surface area contributed by atoms with Gasteiger partial charge in [0.1, 0.15) is 0 Å². The van der Waals surface area contributed by atoms with E-state index < -0.39 is 10.0 Å². The van der Waals surface area contributed by atoms with Crippen molar-refractivity contribution in [1.82, 2.24) is 9.62 Å². The highest BCUT2D eigenvalue weighted by Crippen LogP contribution is 2.19. The molecule has 1 aromatic rings. The van der Waals surface area contributed by atoms with Crippen molar-refractivity contribution in [3.05, 3.63) is 29.8 Å². The largest absolute Gasteiger partial charge is 0.396 e. The number of likely N-dealkylation sites (tertiary alicyclic amines) is 1. The maximum atomic E-state index is 12.4. The van der Waals surface area contributed by atoms with Crippen LogP contribution in [-0.2, 0) is 16.4 Å². The van der Waals surface area contributed by atoms with Crippen LogP contribution in [0.5, 0.6) is 0 Å². The molecule has 1 heterocycles. The number of benzene rings is 1. The molecule has 1 saturated heterocycles. The molecule has 2 rings (SSSR count). The average molecular weight is 312 g/mol. The molecule has 2 atom stereocenters. The number of aliphatic hydroxyl groups excluding tert-OH is 1. The first kappa shape index (κ1) is 16.4. The van der Waals surface area contributed by atoms with E-state index in [-0.39, 0.29) is 17.5 Å². The van der Waals surface area contributed by atoms with Gasteiger partial charge in [0.2, 0.25) is 10.0 Å². The molecule has 5 nitrogen and oxygen atoms in total. The number of nitrogens with one attached hydrogen (secondary N) is 1. The van der Waals surface area contributed by atoms with Gasteiger partial charge in [-0.05, 0) is 50.0 Å². The van der Waals surface area contributed by atoms with E-state index in [4.69, 9.17) is 5.11 Å². The molecule has 0 aromatic heterocycles. The molecule has 1 aliphatic rings. The Kier molecular flexibility index (Phi) is 5.37. The second kappa shape index (κ2) is 6.87. The van der Waals surface area contributed by atoms with Gasteiger partial charge in [-0.1, -0.05) is 19.1 Å². The van der Waals surface area contributed by atoms with Crippen LogP contribution in [0.15, 0.2) is 29.2 Å². The fraction of sp³-hybridized carbons (Fsp3) is 0.600. The molecule has 1 aromatic carbocycles. The summed E-state index contributed by atoms with van der Waals surface area (Å²) in [5, 5.41) is 8.88. The van der Waals surface area contributed by atoms with Gasteiger partial charge in [-0.15, -0.1) is 0 Å². The fourth-order valence-corrected chi connectivity index (χ4v) is 4.14. The summed E-state index contributed by atoms with van der Waals surface area (Å²) in [4.78, 5) is 2.51. The molecule has 2 N–H and O–H groups in total. The van der Waals surface area contributed by atoms with Gasteiger partial charge in [-0.25, -0.2) is 13.1 Å². The van der Waals surface area contributed by atoms with E-state index in [0.717, 1.165) is 25.1 Å². The van der Waals surface area contributed by atoms with Crippen molar-refractivity contribution < 1.29 is 13.5 Å². The van der Waals surface area contributed by atoms with E-state index in [1.807, 2.05) is 0 Å². The normalized spacial score (nSPS) is 24.1. The van der Waals surface area contributed by atoms with Gasteiger partial charge in [0, 0.05) is 19.2 Å². The molecule has 1 aliphatic heterocycles. The summed E-state index contributed by atoms with van der Waals surface area (Å²) in [5.41, 5.74) is 0.934. The number of hydrogen-bond donors (Lipinski definition) is 2. The summed E-state index contributed by atoms with van der Waals surface area (Å²) >= 11 is 0. The summed E-state index contributed by atoms with van der Waals surface area (Å²) < 4.78 is 27.7. The SMILES string of the molecule is CC1CN(C)CCC1NS(=O)(=O)c1ccc(CCO)cc1. The number of nitrogens with zero attached hydrogens (tertiary/aromatic N) is 1. The minimum atomic E-state index is -3.47. The molecule has 118 valence electrons. The van der Waals surface area contributed by atoms with E-state index in [0.29, 0.717) is 12.3 Å². The van der Waals surface area contributed by atoms with Crippen LogP contribution >= 0.6 is 0 Å². The van der Waals surface area contributed by atoms with Crippen LogP contribution in [0.4, 0.5) is 0 Å². The Bertz CT molecular complexity index is 557. The standard InChI is InChI=1S/C15H24N2O3S/c1-12-11-17(2)9-7-15(12)16-21(19,20)14-5-3-13(4-6-14)8-10-18/h3-6,12,15-16,18H,7-11H2,1-2H3. The highest BCUT2D eigenvalue weighted by atomic mass is 32.2. The maximum Gasteiger partial charge on any atom is 0.240 e. The maximum absolute atomic E-state index is 12.4. The van der Waals surface area contributed by atoms with Crippen molar-refractivity contribution in [2.75, 3.05) is 26.7 Å². The van der Waals surface area contributed by atoms with Crippen molar-refractivity contribution in [1.29, 1.82) is 0 Å². The Morgan fingerprint density at radius 1 is 1.33 bits per heavy atom. The number of rotatable bonds is 5. The van der Waals surface area contributed by atoms with Crippen molar-refractivity contribution in [3.8, 4) is 0 Å². The van der Waals surface area contributed by atoms with E-state index >= 15 is 0 Å². The summed E-state index contributed by atoms with van der Waals surface area (Å²) in [6.07, 6.45) is 1.37. The second-order valence-electron chi connectivity index (χ2n) is 5.87. The zero-order valence-electron chi connectivity index (χ0n) is 12.6. The zero-order valence-corrected chi connectivity index (χ0v) is 13.4. The molecule has 2 unspecified atom stereocenters. The van der Waals surface area contributed by atoms with E-state index in [2.05, 4.69) is 23.6 Å². The second-order valence-corrected chi connectivity index (χ2v) is 7.59. The molecule has 0 aliphatic carbocycles. The van der Waals surface area contributed by atoms with E-state index in [9.17, 15) is 8.42 Å². The first-order valence-corrected chi connectivity index (χ1v) is 8.81. The van der Waals surface area contributed by atoms with Crippen LogP contribution in [0.1, 0.15) is 18.9 Å². The van der Waals surface area contributed by atoms with Crippen LogP contribution in [-0.4, -0.2) is 51.2 Å². The summed E-state index contributed by atoms with van der Waals surface area (Å²) in [6, 6.07) is 6.70. The first-order valence-electron chi connectivity index (χ1n) is 7.33. The smallest absolute Gasteiger partial charge is 0.240 e. The van der Waals surface area contributed by atoms with Crippen LogP contribution in [0.3, 0.4) is 0 Å². The Labute approximate surface area is 127 Å². The quantitative estimate of drug-likeness (QED) is 0.845. The number of piperidine rings is 1. The summed E-state index contributed by atoms with van der Waals surface area (Å²) in [5.74, 6) is 0.298. The predicted molar refractivity (Wildman–Crippen MR) is 82.6 cm³/mol.